The molecule has 2 rings (SSSR count). The lowest BCUT2D eigenvalue weighted by Gasteiger charge is -2.34. The first-order valence-electron chi connectivity index (χ1n) is 7.68. The molecule has 2 unspecified atom stereocenters. The summed E-state index contributed by atoms with van der Waals surface area (Å²) in [5.74, 6) is 0. The average molecular weight is 374 g/mol. The van der Waals surface area contributed by atoms with Gasteiger partial charge in [-0.25, -0.2) is 8.42 Å². The van der Waals surface area contributed by atoms with E-state index < -0.39 is 10.0 Å². The fourth-order valence-electron chi connectivity index (χ4n) is 2.94. The molecular weight excluding hydrogens is 350 g/mol. The topological polar surface area (TPSA) is 37.4 Å². The second kappa shape index (κ2) is 7.25. The highest BCUT2D eigenvalue weighted by atomic mass is 79.9. The van der Waals surface area contributed by atoms with Gasteiger partial charge in [-0.3, -0.25) is 0 Å². The number of hydrogen-bond donors (Lipinski definition) is 0. The van der Waals surface area contributed by atoms with Crippen LogP contribution in [0.2, 0.25) is 0 Å². The monoisotopic (exact) mass is 373 g/mol. The molecule has 1 aliphatic carbocycles. The summed E-state index contributed by atoms with van der Waals surface area (Å²) in [4.78, 5) is 0.653. The maximum atomic E-state index is 12.8. The minimum atomic E-state index is -3.40. The van der Waals surface area contributed by atoms with Crippen molar-refractivity contribution in [1.82, 2.24) is 4.31 Å². The van der Waals surface area contributed by atoms with E-state index in [1.165, 1.54) is 12.0 Å². The van der Waals surface area contributed by atoms with Crippen LogP contribution in [0.25, 0.3) is 0 Å². The highest BCUT2D eigenvalue weighted by molar-refractivity contribution is 9.09. The average Bonchev–Trinajstić information content (AvgIpc) is 2.48. The Hall–Kier alpha value is -0.390. The van der Waals surface area contributed by atoms with Gasteiger partial charge in [-0.2, -0.15) is 4.31 Å². The first-order chi connectivity index (χ1) is 9.96. The van der Waals surface area contributed by atoms with Gasteiger partial charge in [0.05, 0.1) is 4.90 Å². The third kappa shape index (κ3) is 3.88. The number of nitrogens with zero attached hydrogens (tertiary/aromatic N) is 1. The smallest absolute Gasteiger partial charge is 0.207 e. The number of halogens is 1. The van der Waals surface area contributed by atoms with Crippen molar-refractivity contribution in [3.63, 3.8) is 0 Å². The molecule has 0 saturated heterocycles. The zero-order valence-electron chi connectivity index (χ0n) is 12.8. The van der Waals surface area contributed by atoms with Crippen molar-refractivity contribution in [2.75, 3.05) is 7.05 Å². The van der Waals surface area contributed by atoms with Crippen LogP contribution >= 0.6 is 15.9 Å². The van der Waals surface area contributed by atoms with Gasteiger partial charge < -0.3 is 0 Å². The lowest BCUT2D eigenvalue weighted by atomic mass is 9.96. The van der Waals surface area contributed by atoms with Crippen molar-refractivity contribution in [1.29, 1.82) is 0 Å². The molecular formula is C16H24BrNO2S. The number of alkyl halides is 1. The fourth-order valence-corrected chi connectivity index (χ4v) is 5.46. The predicted octanol–water partition coefficient (Wildman–Crippen LogP) is 3.97. The molecule has 1 aromatic rings. The molecule has 21 heavy (non-hydrogen) atoms. The maximum Gasteiger partial charge on any atom is 0.243 e. The number of rotatable bonds is 5. The Bertz CT molecular complexity index is 556. The quantitative estimate of drug-likeness (QED) is 0.732. The fraction of sp³-hybridized carbons (Fsp3) is 0.625. The van der Waals surface area contributed by atoms with Crippen LogP contribution in [0, 0.1) is 0 Å². The van der Waals surface area contributed by atoms with Gasteiger partial charge in [0.1, 0.15) is 0 Å². The van der Waals surface area contributed by atoms with E-state index in [1.807, 2.05) is 12.1 Å². The highest BCUT2D eigenvalue weighted by Crippen LogP contribution is 2.31. The van der Waals surface area contributed by atoms with Crippen LogP contribution in [0.4, 0.5) is 0 Å². The van der Waals surface area contributed by atoms with Gasteiger partial charge in [0.2, 0.25) is 10.0 Å². The molecule has 5 heteroatoms. The van der Waals surface area contributed by atoms with Gasteiger partial charge in [0.15, 0.2) is 0 Å². The van der Waals surface area contributed by atoms with Crippen molar-refractivity contribution in [2.24, 2.45) is 0 Å². The highest BCUT2D eigenvalue weighted by Gasteiger charge is 2.33. The van der Waals surface area contributed by atoms with Gasteiger partial charge in [-0.05, 0) is 37.0 Å². The van der Waals surface area contributed by atoms with E-state index >= 15 is 0 Å². The lowest BCUT2D eigenvalue weighted by Crippen LogP contribution is -2.43. The molecule has 0 radical (unpaired) electrons. The summed E-state index contributed by atoms with van der Waals surface area (Å²) in [5, 5.41) is 0. The van der Waals surface area contributed by atoms with Crippen molar-refractivity contribution in [3.8, 4) is 0 Å². The standard InChI is InChI=1S/C16H24BrNO2S/c1-3-6-13-9-11-14(12-10-13)21(19,20)18(2)16-8-5-4-7-15(16)17/h9-12,15-16H,3-8H2,1-2H3. The van der Waals surface area contributed by atoms with E-state index in [1.54, 1.807) is 23.5 Å². The van der Waals surface area contributed by atoms with Crippen molar-refractivity contribution >= 4 is 26.0 Å². The zero-order chi connectivity index (χ0) is 15.5. The second-order valence-electron chi connectivity index (χ2n) is 5.78. The number of sulfonamides is 1. The van der Waals surface area contributed by atoms with Gasteiger partial charge in [0, 0.05) is 17.9 Å². The largest absolute Gasteiger partial charge is 0.243 e. The molecule has 0 heterocycles. The Balaban J connectivity index is 2.19. The molecule has 0 aromatic heterocycles. The lowest BCUT2D eigenvalue weighted by molar-refractivity contribution is 0.297. The summed E-state index contributed by atoms with van der Waals surface area (Å²) < 4.78 is 27.1. The third-order valence-electron chi connectivity index (χ3n) is 4.25. The summed E-state index contributed by atoms with van der Waals surface area (Å²) in [7, 11) is -1.69. The molecule has 1 aromatic carbocycles. The summed E-state index contributed by atoms with van der Waals surface area (Å²) >= 11 is 3.65. The normalized spacial score (nSPS) is 23.4. The molecule has 1 saturated carbocycles. The molecule has 118 valence electrons. The minimum absolute atomic E-state index is 0.0547. The first kappa shape index (κ1) is 17.0. The number of benzene rings is 1. The van der Waals surface area contributed by atoms with Crippen molar-refractivity contribution in [3.05, 3.63) is 29.8 Å². The van der Waals surface area contributed by atoms with E-state index in [0.29, 0.717) is 4.90 Å². The van der Waals surface area contributed by atoms with Crippen molar-refractivity contribution < 1.29 is 8.42 Å². The number of hydrogen-bond acceptors (Lipinski definition) is 2. The Morgan fingerprint density at radius 3 is 2.38 bits per heavy atom. The third-order valence-corrected chi connectivity index (χ3v) is 7.22. The summed E-state index contributed by atoms with van der Waals surface area (Å²) in [6.45, 7) is 2.12. The van der Waals surface area contributed by atoms with E-state index in [4.69, 9.17) is 0 Å². The van der Waals surface area contributed by atoms with Crippen LogP contribution in [0.15, 0.2) is 29.2 Å². The molecule has 0 bridgehead atoms. The Kier molecular flexibility index (Phi) is 5.86. The van der Waals surface area contributed by atoms with Crippen LogP contribution < -0.4 is 0 Å². The summed E-state index contributed by atoms with van der Waals surface area (Å²) in [5.41, 5.74) is 1.19. The SMILES string of the molecule is CCCc1ccc(S(=O)(=O)N(C)C2CCCCC2Br)cc1. The van der Waals surface area contributed by atoms with Crippen LogP contribution in [0.5, 0.6) is 0 Å². The van der Waals surface area contributed by atoms with E-state index in [0.717, 1.165) is 32.1 Å². The maximum absolute atomic E-state index is 12.8. The number of aryl methyl sites for hydroxylation is 1. The van der Waals surface area contributed by atoms with Gasteiger partial charge >= 0.3 is 0 Å². The zero-order valence-corrected chi connectivity index (χ0v) is 15.2. The Labute approximate surface area is 136 Å². The van der Waals surface area contributed by atoms with Crippen LogP contribution in [0.3, 0.4) is 0 Å². The van der Waals surface area contributed by atoms with Gasteiger partial charge in [-0.15, -0.1) is 0 Å². The molecule has 3 nitrogen and oxygen atoms in total. The Morgan fingerprint density at radius 2 is 1.81 bits per heavy atom. The van der Waals surface area contributed by atoms with Gasteiger partial charge in [-0.1, -0.05) is 54.2 Å². The molecule has 0 amide bonds. The second-order valence-corrected chi connectivity index (χ2v) is 8.96. The Morgan fingerprint density at radius 1 is 1.19 bits per heavy atom. The molecule has 1 aliphatic rings. The van der Waals surface area contributed by atoms with Crippen molar-refractivity contribution in [2.45, 2.75) is 61.2 Å². The summed E-state index contributed by atoms with van der Waals surface area (Å²) in [6, 6.07) is 7.39. The van der Waals surface area contributed by atoms with Crippen LogP contribution in [0.1, 0.15) is 44.6 Å². The van der Waals surface area contributed by atoms with Crippen LogP contribution in [-0.4, -0.2) is 30.6 Å². The van der Waals surface area contributed by atoms with E-state index in [-0.39, 0.29) is 10.9 Å². The van der Waals surface area contributed by atoms with E-state index in [9.17, 15) is 8.42 Å². The van der Waals surface area contributed by atoms with Crippen LogP contribution in [-0.2, 0) is 16.4 Å². The molecule has 0 aliphatic heterocycles. The predicted molar refractivity (Wildman–Crippen MR) is 90.4 cm³/mol. The summed E-state index contributed by atoms with van der Waals surface area (Å²) in [6.07, 6.45) is 6.30. The van der Waals surface area contributed by atoms with E-state index in [2.05, 4.69) is 22.9 Å². The minimum Gasteiger partial charge on any atom is -0.207 e. The molecule has 0 spiro atoms. The molecule has 2 atom stereocenters. The molecule has 1 fully saturated rings. The molecule has 0 N–H and O–H groups in total. The first-order valence-corrected chi connectivity index (χ1v) is 10.0. The van der Waals surface area contributed by atoms with Gasteiger partial charge in [0.25, 0.3) is 0 Å².